The highest BCUT2D eigenvalue weighted by Gasteiger charge is 2.20. The normalized spacial score (nSPS) is 14.5. The SMILES string of the molecule is CCc1cc(=O)oc2nc(OCCCC3CC3)[nH]c(=O)c12. The molecule has 0 bridgehead atoms. The van der Waals surface area contributed by atoms with E-state index in [1.54, 1.807) is 0 Å². The summed E-state index contributed by atoms with van der Waals surface area (Å²) in [7, 11) is 0. The molecule has 1 aliphatic rings. The van der Waals surface area contributed by atoms with Gasteiger partial charge < -0.3 is 9.15 Å². The Bertz CT molecular complexity index is 758. The zero-order valence-electron chi connectivity index (χ0n) is 12.0. The molecule has 1 N–H and O–H groups in total. The Morgan fingerprint density at radius 2 is 2.24 bits per heavy atom. The molecule has 6 nitrogen and oxygen atoms in total. The molecule has 0 radical (unpaired) electrons. The number of hydrogen-bond acceptors (Lipinski definition) is 5. The van der Waals surface area contributed by atoms with Crippen LogP contribution in [0.2, 0.25) is 0 Å². The Morgan fingerprint density at radius 3 is 2.95 bits per heavy atom. The molecule has 0 amide bonds. The number of fused-ring (bicyclic) bond motifs is 1. The van der Waals surface area contributed by atoms with E-state index >= 15 is 0 Å². The largest absolute Gasteiger partial charge is 0.465 e. The van der Waals surface area contributed by atoms with Crippen molar-refractivity contribution < 1.29 is 9.15 Å². The number of nitrogens with one attached hydrogen (secondary N) is 1. The van der Waals surface area contributed by atoms with Gasteiger partial charge in [0.2, 0.25) is 5.71 Å². The molecular weight excluding hydrogens is 272 g/mol. The van der Waals surface area contributed by atoms with Crippen LogP contribution < -0.4 is 15.9 Å². The topological polar surface area (TPSA) is 85.2 Å². The van der Waals surface area contributed by atoms with E-state index < -0.39 is 5.63 Å². The van der Waals surface area contributed by atoms with Crippen molar-refractivity contribution in [1.29, 1.82) is 0 Å². The second kappa shape index (κ2) is 5.71. The van der Waals surface area contributed by atoms with Gasteiger partial charge in [0.1, 0.15) is 5.39 Å². The van der Waals surface area contributed by atoms with Crippen LogP contribution in [0, 0.1) is 5.92 Å². The third kappa shape index (κ3) is 3.15. The molecule has 2 aromatic heterocycles. The summed E-state index contributed by atoms with van der Waals surface area (Å²) in [4.78, 5) is 30.3. The number of nitrogens with zero attached hydrogens (tertiary/aromatic N) is 1. The average Bonchev–Trinajstić information content (AvgIpc) is 3.26. The maximum Gasteiger partial charge on any atom is 0.337 e. The number of aromatic amines is 1. The van der Waals surface area contributed by atoms with E-state index in [2.05, 4.69) is 9.97 Å². The van der Waals surface area contributed by atoms with Gasteiger partial charge in [-0.15, -0.1) is 0 Å². The summed E-state index contributed by atoms with van der Waals surface area (Å²) in [6, 6.07) is 1.44. The van der Waals surface area contributed by atoms with Gasteiger partial charge in [-0.3, -0.25) is 9.78 Å². The molecule has 0 spiro atoms. The second-order valence-corrected chi connectivity index (χ2v) is 5.43. The van der Waals surface area contributed by atoms with Crippen molar-refractivity contribution in [2.45, 2.75) is 39.0 Å². The summed E-state index contributed by atoms with van der Waals surface area (Å²) < 4.78 is 10.5. The van der Waals surface area contributed by atoms with Crippen molar-refractivity contribution in [1.82, 2.24) is 9.97 Å². The summed E-state index contributed by atoms with van der Waals surface area (Å²) in [5.41, 5.74) is -0.162. The van der Waals surface area contributed by atoms with Crippen LogP contribution in [0.5, 0.6) is 6.01 Å². The van der Waals surface area contributed by atoms with Crippen LogP contribution in [-0.4, -0.2) is 16.6 Å². The van der Waals surface area contributed by atoms with Gasteiger partial charge in [-0.2, -0.15) is 4.98 Å². The zero-order valence-corrected chi connectivity index (χ0v) is 12.0. The summed E-state index contributed by atoms with van der Waals surface area (Å²) in [6.07, 6.45) is 5.28. The first-order valence-electron chi connectivity index (χ1n) is 7.37. The molecule has 0 aliphatic heterocycles. The summed E-state index contributed by atoms with van der Waals surface area (Å²) in [5, 5.41) is 0.322. The molecular formula is C15H18N2O4. The van der Waals surface area contributed by atoms with Crippen molar-refractivity contribution in [3.8, 4) is 6.01 Å². The molecule has 3 rings (SSSR count). The maximum absolute atomic E-state index is 12.1. The van der Waals surface area contributed by atoms with Crippen LogP contribution in [-0.2, 0) is 6.42 Å². The Balaban J connectivity index is 1.83. The van der Waals surface area contributed by atoms with E-state index in [0.29, 0.717) is 24.0 Å². The molecule has 0 saturated heterocycles. The number of aryl methyl sites for hydroxylation is 1. The average molecular weight is 290 g/mol. The van der Waals surface area contributed by atoms with Crippen molar-refractivity contribution >= 4 is 11.1 Å². The molecule has 1 fully saturated rings. The molecule has 2 heterocycles. The van der Waals surface area contributed by atoms with Crippen LogP contribution in [0.4, 0.5) is 0 Å². The number of rotatable bonds is 6. The molecule has 0 atom stereocenters. The Morgan fingerprint density at radius 1 is 1.43 bits per heavy atom. The van der Waals surface area contributed by atoms with Gasteiger partial charge in [0, 0.05) is 6.07 Å². The van der Waals surface area contributed by atoms with Crippen LogP contribution >= 0.6 is 0 Å². The molecule has 6 heteroatoms. The summed E-state index contributed by atoms with van der Waals surface area (Å²) in [5.74, 6) is 0.849. The molecule has 0 aromatic carbocycles. The van der Waals surface area contributed by atoms with Gasteiger partial charge in [-0.1, -0.05) is 19.8 Å². The van der Waals surface area contributed by atoms with E-state index in [0.717, 1.165) is 18.8 Å². The van der Waals surface area contributed by atoms with Gasteiger partial charge in [0.15, 0.2) is 0 Å². The minimum Gasteiger partial charge on any atom is -0.465 e. The van der Waals surface area contributed by atoms with Crippen LogP contribution in [0.15, 0.2) is 20.1 Å². The first-order valence-corrected chi connectivity index (χ1v) is 7.37. The first-order chi connectivity index (χ1) is 10.2. The highest BCUT2D eigenvalue weighted by molar-refractivity contribution is 5.75. The third-order valence-electron chi connectivity index (χ3n) is 3.75. The lowest BCUT2D eigenvalue weighted by atomic mass is 10.1. The fourth-order valence-electron chi connectivity index (χ4n) is 2.42. The van der Waals surface area contributed by atoms with Gasteiger partial charge in [-0.25, -0.2) is 4.79 Å². The van der Waals surface area contributed by atoms with E-state index in [1.807, 2.05) is 6.92 Å². The second-order valence-electron chi connectivity index (χ2n) is 5.43. The van der Waals surface area contributed by atoms with Crippen LogP contribution in [0.1, 0.15) is 38.2 Å². The van der Waals surface area contributed by atoms with E-state index in [9.17, 15) is 9.59 Å². The fourth-order valence-corrected chi connectivity index (χ4v) is 2.42. The third-order valence-corrected chi connectivity index (χ3v) is 3.75. The minimum absolute atomic E-state index is 0.0419. The standard InChI is InChI=1S/C15H18N2O4/c1-2-10-8-11(18)21-14-12(10)13(19)16-15(17-14)20-7-3-4-9-5-6-9/h8-9H,2-7H2,1H3,(H,16,17,19). The van der Waals surface area contributed by atoms with Crippen molar-refractivity contribution in [3.05, 3.63) is 32.4 Å². The fraction of sp³-hybridized carbons (Fsp3) is 0.533. The smallest absolute Gasteiger partial charge is 0.337 e. The number of hydrogen-bond donors (Lipinski definition) is 1. The zero-order chi connectivity index (χ0) is 14.8. The van der Waals surface area contributed by atoms with Gasteiger partial charge in [-0.05, 0) is 30.7 Å². The van der Waals surface area contributed by atoms with Gasteiger partial charge in [0.05, 0.1) is 6.61 Å². The number of aromatic nitrogens is 2. The quantitative estimate of drug-likeness (QED) is 0.822. The lowest BCUT2D eigenvalue weighted by Gasteiger charge is -2.06. The lowest BCUT2D eigenvalue weighted by molar-refractivity contribution is 0.279. The monoisotopic (exact) mass is 290 g/mol. The van der Waals surface area contributed by atoms with Crippen molar-refractivity contribution in [3.63, 3.8) is 0 Å². The molecule has 1 saturated carbocycles. The minimum atomic E-state index is -0.503. The molecule has 21 heavy (non-hydrogen) atoms. The molecule has 0 unspecified atom stereocenters. The molecule has 2 aromatic rings. The van der Waals surface area contributed by atoms with Crippen LogP contribution in [0.25, 0.3) is 11.1 Å². The predicted octanol–water partition coefficient (Wildman–Crippen LogP) is 2.01. The highest BCUT2D eigenvalue weighted by atomic mass is 16.5. The van der Waals surface area contributed by atoms with E-state index in [4.69, 9.17) is 9.15 Å². The van der Waals surface area contributed by atoms with Crippen molar-refractivity contribution in [2.75, 3.05) is 6.61 Å². The Hall–Kier alpha value is -2.11. The lowest BCUT2D eigenvalue weighted by Crippen LogP contribution is -2.15. The highest BCUT2D eigenvalue weighted by Crippen LogP contribution is 2.33. The molecule has 1 aliphatic carbocycles. The summed E-state index contributed by atoms with van der Waals surface area (Å²) >= 11 is 0. The van der Waals surface area contributed by atoms with E-state index in [-0.39, 0.29) is 17.3 Å². The first kappa shape index (κ1) is 13.9. The Labute approximate surface area is 121 Å². The van der Waals surface area contributed by atoms with Gasteiger partial charge in [0.25, 0.3) is 11.6 Å². The van der Waals surface area contributed by atoms with Crippen LogP contribution in [0.3, 0.4) is 0 Å². The van der Waals surface area contributed by atoms with Crippen molar-refractivity contribution in [2.24, 2.45) is 5.92 Å². The number of ether oxygens (including phenoxy) is 1. The molecule has 112 valence electrons. The number of H-pyrrole nitrogens is 1. The van der Waals surface area contributed by atoms with Gasteiger partial charge >= 0.3 is 5.63 Å². The Kier molecular flexibility index (Phi) is 3.77. The predicted molar refractivity (Wildman–Crippen MR) is 77.7 cm³/mol. The maximum atomic E-state index is 12.1. The summed E-state index contributed by atoms with van der Waals surface area (Å²) in [6.45, 7) is 2.37. The van der Waals surface area contributed by atoms with E-state index in [1.165, 1.54) is 18.9 Å².